The van der Waals surface area contributed by atoms with Crippen molar-refractivity contribution >= 4 is 17.4 Å². The summed E-state index contributed by atoms with van der Waals surface area (Å²) in [6.07, 6.45) is 4.59. The Balaban J connectivity index is 1.69. The number of anilines is 1. The molecule has 0 spiro atoms. The Bertz CT molecular complexity index is 1050. The highest BCUT2D eigenvalue weighted by atomic mass is 19.1. The van der Waals surface area contributed by atoms with Gasteiger partial charge in [0.15, 0.2) is 5.78 Å². The number of pyridine rings is 2. The van der Waals surface area contributed by atoms with Gasteiger partial charge in [0, 0.05) is 49.1 Å². The van der Waals surface area contributed by atoms with Gasteiger partial charge in [-0.2, -0.15) is 0 Å². The van der Waals surface area contributed by atoms with Crippen LogP contribution in [0.4, 0.5) is 10.1 Å². The maximum Gasteiger partial charge on any atom is 0.226 e. The molecule has 6 heteroatoms. The lowest BCUT2D eigenvalue weighted by Gasteiger charge is -2.17. The van der Waals surface area contributed by atoms with Gasteiger partial charge in [-0.15, -0.1) is 0 Å². The Labute approximate surface area is 175 Å². The minimum atomic E-state index is -0.495. The van der Waals surface area contributed by atoms with Crippen LogP contribution in [0.25, 0.3) is 11.3 Å². The number of ketones is 1. The molecule has 2 heterocycles. The van der Waals surface area contributed by atoms with Crippen molar-refractivity contribution in [1.82, 2.24) is 9.97 Å². The minimum Gasteiger partial charge on any atom is -0.313 e. The molecular weight excluding hydrogens is 381 g/mol. The molecule has 0 bridgehead atoms. The number of benzene rings is 1. The van der Waals surface area contributed by atoms with Gasteiger partial charge in [-0.3, -0.25) is 19.6 Å². The molecule has 2 aromatic heterocycles. The van der Waals surface area contributed by atoms with Crippen LogP contribution in [0, 0.1) is 12.7 Å². The molecule has 154 valence electrons. The zero-order valence-corrected chi connectivity index (χ0v) is 17.4. The highest BCUT2D eigenvalue weighted by Gasteiger charge is 2.15. The first-order valence-corrected chi connectivity index (χ1v) is 9.86. The van der Waals surface area contributed by atoms with E-state index in [2.05, 4.69) is 9.97 Å². The third-order valence-corrected chi connectivity index (χ3v) is 4.98. The van der Waals surface area contributed by atoms with E-state index in [1.807, 2.05) is 19.1 Å². The molecule has 0 saturated heterocycles. The van der Waals surface area contributed by atoms with Gasteiger partial charge in [0.1, 0.15) is 5.82 Å². The van der Waals surface area contributed by atoms with Crippen molar-refractivity contribution in [2.24, 2.45) is 0 Å². The first-order valence-electron chi connectivity index (χ1n) is 9.86. The Hall–Kier alpha value is -3.41. The van der Waals surface area contributed by atoms with Gasteiger partial charge in [0.05, 0.1) is 11.4 Å². The molecule has 1 aromatic carbocycles. The monoisotopic (exact) mass is 405 g/mol. The number of halogens is 1. The Kier molecular flexibility index (Phi) is 6.67. The molecule has 0 atom stereocenters. The summed E-state index contributed by atoms with van der Waals surface area (Å²) in [4.78, 5) is 34.1. The minimum absolute atomic E-state index is 0.00384. The maximum atomic E-state index is 14.5. The van der Waals surface area contributed by atoms with Crippen molar-refractivity contribution in [3.05, 3.63) is 77.5 Å². The van der Waals surface area contributed by atoms with Crippen LogP contribution in [0.3, 0.4) is 0 Å². The molecule has 0 aliphatic heterocycles. The number of rotatable bonds is 7. The fourth-order valence-electron chi connectivity index (χ4n) is 3.09. The van der Waals surface area contributed by atoms with E-state index in [9.17, 15) is 14.0 Å². The number of nitrogens with zero attached hydrogens (tertiary/aromatic N) is 3. The lowest BCUT2D eigenvalue weighted by atomic mass is 10.0. The molecular formula is C24H24FN3O2. The summed E-state index contributed by atoms with van der Waals surface area (Å²) in [6, 6.07) is 11.9. The topological polar surface area (TPSA) is 63.2 Å². The van der Waals surface area contributed by atoms with Gasteiger partial charge in [-0.25, -0.2) is 4.39 Å². The fraction of sp³-hybridized carbons (Fsp3) is 0.250. The van der Waals surface area contributed by atoms with Gasteiger partial charge in [-0.1, -0.05) is 19.1 Å². The molecule has 0 unspecified atom stereocenters. The second-order valence-corrected chi connectivity index (χ2v) is 7.14. The van der Waals surface area contributed by atoms with Crippen LogP contribution in [0.5, 0.6) is 0 Å². The first kappa shape index (κ1) is 21.3. The second kappa shape index (κ2) is 9.39. The van der Waals surface area contributed by atoms with Gasteiger partial charge in [0.2, 0.25) is 5.91 Å². The van der Waals surface area contributed by atoms with Crippen LogP contribution >= 0.6 is 0 Å². The average Bonchev–Trinajstić information content (AvgIpc) is 2.77. The van der Waals surface area contributed by atoms with Gasteiger partial charge < -0.3 is 4.90 Å². The number of amides is 1. The van der Waals surface area contributed by atoms with Crippen LogP contribution in [0.2, 0.25) is 0 Å². The average molecular weight is 405 g/mol. The molecule has 30 heavy (non-hydrogen) atoms. The summed E-state index contributed by atoms with van der Waals surface area (Å²) in [5, 5.41) is 0. The normalized spacial score (nSPS) is 10.7. The Morgan fingerprint density at radius 2 is 1.83 bits per heavy atom. The molecule has 0 saturated carbocycles. The quantitative estimate of drug-likeness (QED) is 0.531. The summed E-state index contributed by atoms with van der Waals surface area (Å²) in [7, 11) is 1.55. The second-order valence-electron chi connectivity index (χ2n) is 7.14. The summed E-state index contributed by atoms with van der Waals surface area (Å²) >= 11 is 0. The van der Waals surface area contributed by atoms with Crippen molar-refractivity contribution in [2.75, 3.05) is 11.9 Å². The molecule has 0 radical (unpaired) electrons. The van der Waals surface area contributed by atoms with E-state index in [0.29, 0.717) is 36.1 Å². The maximum absolute atomic E-state index is 14.5. The van der Waals surface area contributed by atoms with Crippen LogP contribution in [0.15, 0.2) is 54.9 Å². The number of aryl methyl sites for hydroxylation is 2. The van der Waals surface area contributed by atoms with Crippen molar-refractivity contribution in [3.8, 4) is 11.3 Å². The zero-order valence-electron chi connectivity index (χ0n) is 17.4. The number of carbonyl (C=O) groups is 2. The molecule has 0 aliphatic rings. The number of carbonyl (C=O) groups excluding carboxylic acids is 2. The van der Waals surface area contributed by atoms with E-state index in [4.69, 9.17) is 0 Å². The SMILES string of the molecule is CCC(=O)N(C)c1ccc(-c2ccc(C(=O)CCc3ccc(C)nc3)cn2)cc1F. The smallest absolute Gasteiger partial charge is 0.226 e. The van der Waals surface area contributed by atoms with Crippen LogP contribution < -0.4 is 4.90 Å². The van der Waals surface area contributed by atoms with E-state index < -0.39 is 5.82 Å². The highest BCUT2D eigenvalue weighted by Crippen LogP contribution is 2.25. The number of aromatic nitrogens is 2. The number of hydrogen-bond donors (Lipinski definition) is 0. The van der Waals surface area contributed by atoms with Crippen molar-refractivity contribution in [2.45, 2.75) is 33.1 Å². The van der Waals surface area contributed by atoms with E-state index in [1.165, 1.54) is 17.2 Å². The molecule has 0 aliphatic carbocycles. The first-order chi connectivity index (χ1) is 14.4. The number of Topliss-reactive ketones (excluding diaryl/α,β-unsaturated/α-hetero) is 1. The van der Waals surface area contributed by atoms with Crippen LogP contribution in [0.1, 0.15) is 41.4 Å². The van der Waals surface area contributed by atoms with Crippen molar-refractivity contribution in [1.29, 1.82) is 0 Å². The molecule has 3 rings (SSSR count). The Morgan fingerprint density at radius 1 is 1.03 bits per heavy atom. The summed E-state index contributed by atoms with van der Waals surface area (Å²) in [6.45, 7) is 3.65. The van der Waals surface area contributed by atoms with Gasteiger partial charge >= 0.3 is 0 Å². The highest BCUT2D eigenvalue weighted by molar-refractivity contribution is 5.96. The van der Waals surface area contributed by atoms with Crippen LogP contribution in [-0.2, 0) is 11.2 Å². The predicted octanol–water partition coefficient (Wildman–Crippen LogP) is 4.78. The summed E-state index contributed by atoms with van der Waals surface area (Å²) in [5.41, 5.74) is 3.84. The van der Waals surface area contributed by atoms with Crippen LogP contribution in [-0.4, -0.2) is 28.7 Å². The lowest BCUT2D eigenvalue weighted by molar-refractivity contribution is -0.118. The fourth-order valence-corrected chi connectivity index (χ4v) is 3.09. The molecule has 1 amide bonds. The lowest BCUT2D eigenvalue weighted by Crippen LogP contribution is -2.25. The molecule has 5 nitrogen and oxygen atoms in total. The van der Waals surface area contributed by atoms with Crippen molar-refractivity contribution in [3.63, 3.8) is 0 Å². The summed E-state index contributed by atoms with van der Waals surface area (Å²) < 4.78 is 14.5. The number of hydrogen-bond acceptors (Lipinski definition) is 4. The summed E-state index contributed by atoms with van der Waals surface area (Å²) in [5.74, 6) is -0.662. The van der Waals surface area contributed by atoms with E-state index >= 15 is 0 Å². The molecule has 0 fully saturated rings. The third kappa shape index (κ3) is 4.95. The van der Waals surface area contributed by atoms with Gasteiger partial charge in [-0.05, 0) is 49.2 Å². The largest absolute Gasteiger partial charge is 0.313 e. The Morgan fingerprint density at radius 3 is 2.43 bits per heavy atom. The van der Waals surface area contributed by atoms with Crippen molar-refractivity contribution < 1.29 is 14.0 Å². The van der Waals surface area contributed by atoms with E-state index in [1.54, 1.807) is 44.4 Å². The third-order valence-electron chi connectivity index (χ3n) is 4.98. The van der Waals surface area contributed by atoms with E-state index in [-0.39, 0.29) is 17.4 Å². The molecule has 0 N–H and O–H groups in total. The zero-order chi connectivity index (χ0) is 21.7. The standard InChI is InChI=1S/C24H24FN3O2/c1-4-24(30)28(3)22-11-9-18(13-20(22)25)21-10-8-19(15-27-21)23(29)12-7-17-6-5-16(2)26-14-17/h5-6,8-11,13-15H,4,7,12H2,1-3H3. The molecule has 3 aromatic rings. The predicted molar refractivity (Wildman–Crippen MR) is 115 cm³/mol. The van der Waals surface area contributed by atoms with E-state index in [0.717, 1.165) is 11.3 Å². The van der Waals surface area contributed by atoms with Gasteiger partial charge in [0.25, 0.3) is 0 Å².